The first-order valence-electron chi connectivity index (χ1n) is 14.5. The van der Waals surface area contributed by atoms with Gasteiger partial charge in [-0.1, -0.05) is 125 Å². The molecule has 1 aromatic heterocycles. The molecule has 0 saturated heterocycles. The highest BCUT2D eigenvalue weighted by atomic mass is 16.4. The predicted molar refractivity (Wildman–Crippen MR) is 179 cm³/mol. The Hall–Kier alpha value is -4.45. The van der Waals surface area contributed by atoms with Crippen LogP contribution in [0.15, 0.2) is 121 Å². The molecule has 0 aliphatic heterocycles. The van der Waals surface area contributed by atoms with Crippen LogP contribution in [0.4, 0.5) is 11.5 Å². The molecule has 0 amide bonds. The van der Waals surface area contributed by atoms with E-state index in [4.69, 9.17) is 15.0 Å². The van der Waals surface area contributed by atoms with E-state index >= 15 is 0 Å². The van der Waals surface area contributed by atoms with Gasteiger partial charge in [0.2, 0.25) is 0 Å². The molecule has 0 unspecified atom stereocenters. The summed E-state index contributed by atoms with van der Waals surface area (Å²) in [5.74, 6) is 1.77. The van der Waals surface area contributed by atoms with Crippen molar-refractivity contribution in [2.75, 3.05) is 5.32 Å². The molecule has 6 rings (SSSR count). The number of pyridine rings is 1. The Labute approximate surface area is 248 Å². The zero-order chi connectivity index (χ0) is 29.6. The van der Waals surface area contributed by atoms with Crippen LogP contribution in [0.5, 0.6) is 0 Å². The van der Waals surface area contributed by atoms with E-state index in [1.165, 1.54) is 33.2 Å². The standard InChI is InChI=1S/C27H28N2.C10H9BO2/c1-18(2)23-11-7-12-24(19(3)4)26(23)29-27-25(13-8-16-28-27)22-15-14-20-9-5-6-10-21(20)17-22;12-11(13)10-7-3-5-8-4-1-2-6-9(8)10/h5-19H,1-4H3,(H,28,29);1-7,12-13H. The number of benzene rings is 5. The molecule has 3 N–H and O–H groups in total. The average molecular weight is 553 g/mol. The van der Waals surface area contributed by atoms with Crippen LogP contribution >= 0.6 is 0 Å². The van der Waals surface area contributed by atoms with Gasteiger partial charge in [0.05, 0.1) is 0 Å². The Morgan fingerprint density at radius 1 is 0.619 bits per heavy atom. The molecule has 0 bridgehead atoms. The van der Waals surface area contributed by atoms with Crippen molar-refractivity contribution in [3.05, 3.63) is 133 Å². The second kappa shape index (κ2) is 13.0. The number of hydrogen-bond acceptors (Lipinski definition) is 4. The maximum Gasteiger partial charge on any atom is 0.489 e. The number of nitrogens with zero attached hydrogens (tertiary/aromatic N) is 1. The normalized spacial score (nSPS) is 11.0. The molecule has 0 aliphatic rings. The minimum absolute atomic E-state index is 0.434. The lowest BCUT2D eigenvalue weighted by Crippen LogP contribution is -2.30. The van der Waals surface area contributed by atoms with E-state index in [1.807, 2.05) is 48.7 Å². The first-order chi connectivity index (χ1) is 20.3. The highest BCUT2D eigenvalue weighted by molar-refractivity contribution is 6.61. The minimum atomic E-state index is -1.40. The fourth-order valence-electron chi connectivity index (χ4n) is 5.38. The number of fused-ring (bicyclic) bond motifs is 2. The number of aromatic nitrogens is 1. The second-order valence-electron chi connectivity index (χ2n) is 11.1. The van der Waals surface area contributed by atoms with Crippen LogP contribution < -0.4 is 10.8 Å². The molecule has 0 aliphatic carbocycles. The second-order valence-corrected chi connectivity index (χ2v) is 11.1. The molecule has 1 heterocycles. The lowest BCUT2D eigenvalue weighted by molar-refractivity contribution is 0.426. The van der Waals surface area contributed by atoms with Crippen LogP contribution in [-0.4, -0.2) is 22.2 Å². The van der Waals surface area contributed by atoms with Crippen molar-refractivity contribution in [1.29, 1.82) is 0 Å². The number of rotatable bonds is 6. The molecule has 6 aromatic rings. The highest BCUT2D eigenvalue weighted by Gasteiger charge is 2.16. The highest BCUT2D eigenvalue weighted by Crippen LogP contribution is 2.37. The molecule has 4 nitrogen and oxygen atoms in total. The molecular formula is C37H37BN2O2. The van der Waals surface area contributed by atoms with E-state index in [-0.39, 0.29) is 0 Å². The van der Waals surface area contributed by atoms with E-state index in [2.05, 4.69) is 99.7 Å². The van der Waals surface area contributed by atoms with Crippen LogP contribution in [0.1, 0.15) is 50.7 Å². The van der Waals surface area contributed by atoms with Crippen molar-refractivity contribution in [3.8, 4) is 11.1 Å². The monoisotopic (exact) mass is 552 g/mol. The Morgan fingerprint density at radius 3 is 1.93 bits per heavy atom. The molecular weight excluding hydrogens is 515 g/mol. The van der Waals surface area contributed by atoms with Crippen LogP contribution in [0, 0.1) is 0 Å². The van der Waals surface area contributed by atoms with Gasteiger partial charge in [-0.05, 0) is 73.7 Å². The van der Waals surface area contributed by atoms with Gasteiger partial charge in [0.25, 0.3) is 0 Å². The smallest absolute Gasteiger partial charge is 0.423 e. The van der Waals surface area contributed by atoms with Crippen LogP contribution in [0.2, 0.25) is 0 Å². The molecule has 0 spiro atoms. The molecule has 0 atom stereocenters. The van der Waals surface area contributed by atoms with E-state index in [9.17, 15) is 0 Å². The molecule has 42 heavy (non-hydrogen) atoms. The van der Waals surface area contributed by atoms with Gasteiger partial charge in [0.15, 0.2) is 0 Å². The zero-order valence-corrected chi connectivity index (χ0v) is 24.6. The SMILES string of the molecule is CC(C)c1cccc(C(C)C)c1Nc1ncccc1-c1ccc2ccccc2c1.OB(O)c1cccc2ccccc12. The summed E-state index contributed by atoms with van der Waals surface area (Å²) in [6.45, 7) is 8.97. The lowest BCUT2D eigenvalue weighted by atomic mass is 9.77. The summed E-state index contributed by atoms with van der Waals surface area (Å²) in [6.07, 6.45) is 1.86. The molecule has 0 fully saturated rings. The summed E-state index contributed by atoms with van der Waals surface area (Å²) in [5.41, 5.74) is 6.69. The van der Waals surface area contributed by atoms with Crippen LogP contribution in [0.3, 0.4) is 0 Å². The summed E-state index contributed by atoms with van der Waals surface area (Å²) >= 11 is 0. The third-order valence-corrected chi connectivity index (χ3v) is 7.59. The van der Waals surface area contributed by atoms with Crippen molar-refractivity contribution in [2.24, 2.45) is 0 Å². The first kappa shape index (κ1) is 29.1. The fourth-order valence-corrected chi connectivity index (χ4v) is 5.38. The predicted octanol–water partition coefficient (Wildman–Crippen LogP) is 8.41. The largest absolute Gasteiger partial charge is 0.489 e. The van der Waals surface area contributed by atoms with E-state index in [0.29, 0.717) is 17.3 Å². The van der Waals surface area contributed by atoms with Crippen LogP contribution in [-0.2, 0) is 0 Å². The summed E-state index contributed by atoms with van der Waals surface area (Å²) in [4.78, 5) is 4.72. The van der Waals surface area contributed by atoms with E-state index < -0.39 is 7.12 Å². The quantitative estimate of drug-likeness (QED) is 0.182. The topological polar surface area (TPSA) is 65.4 Å². The minimum Gasteiger partial charge on any atom is -0.423 e. The van der Waals surface area contributed by atoms with Crippen LogP contribution in [0.25, 0.3) is 32.7 Å². The van der Waals surface area contributed by atoms with Gasteiger partial charge < -0.3 is 15.4 Å². The van der Waals surface area contributed by atoms with Crippen molar-refractivity contribution < 1.29 is 10.0 Å². The van der Waals surface area contributed by atoms with Crippen molar-refractivity contribution >= 4 is 45.6 Å². The van der Waals surface area contributed by atoms with Gasteiger partial charge in [0, 0.05) is 17.4 Å². The summed E-state index contributed by atoms with van der Waals surface area (Å²) in [5, 5.41) is 26.3. The molecule has 0 saturated carbocycles. The van der Waals surface area contributed by atoms with Gasteiger partial charge in [0.1, 0.15) is 5.82 Å². The van der Waals surface area contributed by atoms with E-state index in [0.717, 1.165) is 22.2 Å². The van der Waals surface area contributed by atoms with Gasteiger partial charge in [-0.25, -0.2) is 4.98 Å². The average Bonchev–Trinajstić information content (AvgIpc) is 3.01. The number of anilines is 2. The molecule has 0 radical (unpaired) electrons. The lowest BCUT2D eigenvalue weighted by Gasteiger charge is -2.21. The van der Waals surface area contributed by atoms with Gasteiger partial charge in [-0.2, -0.15) is 0 Å². The zero-order valence-electron chi connectivity index (χ0n) is 24.6. The first-order valence-corrected chi connectivity index (χ1v) is 14.5. The summed E-state index contributed by atoms with van der Waals surface area (Å²) in [7, 11) is -1.40. The maximum absolute atomic E-state index is 9.08. The summed E-state index contributed by atoms with van der Waals surface area (Å²) in [6, 6.07) is 39.0. The maximum atomic E-state index is 9.08. The number of nitrogens with one attached hydrogen (secondary N) is 1. The summed E-state index contributed by atoms with van der Waals surface area (Å²) < 4.78 is 0. The van der Waals surface area contributed by atoms with Gasteiger partial charge in [-0.3, -0.25) is 0 Å². The molecule has 5 aromatic carbocycles. The molecule has 5 heteroatoms. The fraction of sp³-hybridized carbons (Fsp3) is 0.162. The van der Waals surface area contributed by atoms with Crippen molar-refractivity contribution in [2.45, 2.75) is 39.5 Å². The third-order valence-electron chi connectivity index (χ3n) is 7.59. The Bertz CT molecular complexity index is 1780. The van der Waals surface area contributed by atoms with E-state index in [1.54, 1.807) is 6.07 Å². The number of para-hydroxylation sites is 1. The van der Waals surface area contributed by atoms with Crippen molar-refractivity contribution in [3.63, 3.8) is 0 Å². The Balaban J connectivity index is 0.000000226. The van der Waals surface area contributed by atoms with Gasteiger partial charge in [-0.15, -0.1) is 0 Å². The Kier molecular flexibility index (Phi) is 9.02. The van der Waals surface area contributed by atoms with Crippen molar-refractivity contribution in [1.82, 2.24) is 4.98 Å². The van der Waals surface area contributed by atoms with Gasteiger partial charge >= 0.3 is 7.12 Å². The third kappa shape index (κ3) is 6.38. The molecule has 210 valence electrons. The number of hydrogen-bond donors (Lipinski definition) is 3. The Morgan fingerprint density at radius 2 is 1.24 bits per heavy atom.